The number of carboxylic acids is 1. The number of carbonyl (C=O) groups is 2. The van der Waals surface area contributed by atoms with Crippen molar-refractivity contribution in [3.63, 3.8) is 0 Å². The normalized spacial score (nSPS) is 20.5. The zero-order valence-electron chi connectivity index (χ0n) is 10.5. The molecule has 0 aromatic heterocycles. The Morgan fingerprint density at radius 2 is 2.18 bits per heavy atom. The molecule has 17 heavy (non-hydrogen) atoms. The minimum absolute atomic E-state index is 0.0324. The molecule has 1 rings (SSSR count). The summed E-state index contributed by atoms with van der Waals surface area (Å²) in [5.41, 5.74) is 0. The minimum atomic E-state index is -0.845. The van der Waals surface area contributed by atoms with E-state index in [1.54, 1.807) is 28.6 Å². The van der Waals surface area contributed by atoms with Gasteiger partial charge in [-0.25, -0.2) is 4.79 Å². The highest BCUT2D eigenvalue weighted by atomic mass is 32.2. The highest BCUT2D eigenvalue weighted by Gasteiger charge is 2.31. The smallest absolute Gasteiger partial charge is 0.320 e. The summed E-state index contributed by atoms with van der Waals surface area (Å²) in [5.74, 6) is 0.750. The molecular weight excluding hydrogens is 240 g/mol. The minimum Gasteiger partial charge on any atom is -0.481 e. The predicted octanol–water partition coefficient (Wildman–Crippen LogP) is 1.34. The van der Waals surface area contributed by atoms with Gasteiger partial charge in [0.05, 0.1) is 12.5 Å². The molecule has 0 aliphatic carbocycles. The third kappa shape index (κ3) is 3.80. The zero-order valence-corrected chi connectivity index (χ0v) is 11.4. The van der Waals surface area contributed by atoms with E-state index >= 15 is 0 Å². The Morgan fingerprint density at radius 3 is 2.71 bits per heavy atom. The van der Waals surface area contributed by atoms with Crippen LogP contribution >= 0.6 is 11.8 Å². The summed E-state index contributed by atoms with van der Waals surface area (Å²) in [6.07, 6.45) is 0.0324. The van der Waals surface area contributed by atoms with Crippen LogP contribution in [0.3, 0.4) is 0 Å². The average molecular weight is 260 g/mol. The fraction of sp³-hybridized carbons (Fsp3) is 0.818. The number of rotatable bonds is 3. The van der Waals surface area contributed by atoms with Crippen molar-refractivity contribution >= 4 is 23.8 Å². The third-order valence-electron chi connectivity index (χ3n) is 2.96. The summed E-state index contributed by atoms with van der Waals surface area (Å²) in [4.78, 5) is 26.3. The summed E-state index contributed by atoms with van der Waals surface area (Å²) in [6.45, 7) is 4.53. The van der Waals surface area contributed by atoms with E-state index in [0.29, 0.717) is 12.3 Å². The Bertz CT molecular complexity index is 296. The quantitative estimate of drug-likeness (QED) is 0.832. The van der Waals surface area contributed by atoms with Crippen LogP contribution in [0.5, 0.6) is 0 Å². The van der Waals surface area contributed by atoms with Gasteiger partial charge in [-0.15, -0.1) is 0 Å². The van der Waals surface area contributed by atoms with Crippen LogP contribution in [0, 0.1) is 0 Å². The summed E-state index contributed by atoms with van der Waals surface area (Å²) in [7, 11) is 1.76. The van der Waals surface area contributed by atoms with Crippen LogP contribution in [0.1, 0.15) is 20.3 Å². The monoisotopic (exact) mass is 260 g/mol. The molecule has 1 aliphatic rings. The van der Waals surface area contributed by atoms with Crippen molar-refractivity contribution in [2.24, 2.45) is 0 Å². The SMILES string of the molecule is CC(C)N(C)C(=O)N1CCSCC1CC(=O)O. The first-order valence-corrected chi connectivity index (χ1v) is 6.92. The van der Waals surface area contributed by atoms with Gasteiger partial charge in [-0.05, 0) is 13.8 Å². The molecule has 0 spiro atoms. The van der Waals surface area contributed by atoms with E-state index in [-0.39, 0.29) is 24.5 Å². The van der Waals surface area contributed by atoms with Gasteiger partial charge in [0.25, 0.3) is 0 Å². The summed E-state index contributed by atoms with van der Waals surface area (Å²) >= 11 is 1.71. The molecule has 0 bridgehead atoms. The maximum Gasteiger partial charge on any atom is 0.320 e. The predicted molar refractivity (Wildman–Crippen MR) is 68.4 cm³/mol. The third-order valence-corrected chi connectivity index (χ3v) is 4.05. The van der Waals surface area contributed by atoms with E-state index in [1.807, 2.05) is 13.8 Å². The molecule has 1 saturated heterocycles. The molecule has 1 aliphatic heterocycles. The Hall–Kier alpha value is -0.910. The zero-order chi connectivity index (χ0) is 13.0. The summed E-state index contributed by atoms with van der Waals surface area (Å²) < 4.78 is 0. The first-order chi connectivity index (χ1) is 7.93. The van der Waals surface area contributed by atoms with Crippen LogP contribution in [0.25, 0.3) is 0 Å². The Balaban J connectivity index is 2.70. The molecule has 5 nitrogen and oxygen atoms in total. The fourth-order valence-corrected chi connectivity index (χ4v) is 2.76. The first kappa shape index (κ1) is 14.2. The lowest BCUT2D eigenvalue weighted by Crippen LogP contribution is -2.53. The molecule has 1 unspecified atom stereocenters. The van der Waals surface area contributed by atoms with Crippen molar-refractivity contribution in [1.82, 2.24) is 9.80 Å². The molecule has 0 aromatic rings. The number of thioether (sulfide) groups is 1. The van der Waals surface area contributed by atoms with E-state index in [0.717, 1.165) is 5.75 Å². The van der Waals surface area contributed by atoms with Gasteiger partial charge in [0.1, 0.15) is 0 Å². The number of urea groups is 1. The maximum atomic E-state index is 12.2. The number of amides is 2. The fourth-order valence-electron chi connectivity index (χ4n) is 1.70. The molecule has 1 atom stereocenters. The molecule has 0 saturated carbocycles. The van der Waals surface area contributed by atoms with Crippen LogP contribution < -0.4 is 0 Å². The Kier molecular flexibility index (Phi) is 5.11. The van der Waals surface area contributed by atoms with Crippen molar-refractivity contribution in [3.05, 3.63) is 0 Å². The van der Waals surface area contributed by atoms with Crippen molar-refractivity contribution in [3.8, 4) is 0 Å². The number of nitrogens with zero attached hydrogens (tertiary/aromatic N) is 2. The topological polar surface area (TPSA) is 60.9 Å². The lowest BCUT2D eigenvalue weighted by molar-refractivity contribution is -0.138. The van der Waals surface area contributed by atoms with Crippen LogP contribution in [-0.2, 0) is 4.79 Å². The first-order valence-electron chi connectivity index (χ1n) is 5.76. The van der Waals surface area contributed by atoms with Crippen molar-refractivity contribution in [2.45, 2.75) is 32.4 Å². The standard InChI is InChI=1S/C11H20N2O3S/c1-8(2)12(3)11(16)13-4-5-17-7-9(13)6-10(14)15/h8-9H,4-7H2,1-3H3,(H,14,15). The highest BCUT2D eigenvalue weighted by Crippen LogP contribution is 2.20. The molecule has 0 radical (unpaired) electrons. The van der Waals surface area contributed by atoms with Gasteiger partial charge in [0, 0.05) is 31.1 Å². The van der Waals surface area contributed by atoms with Crippen molar-refractivity contribution in [2.75, 3.05) is 25.1 Å². The highest BCUT2D eigenvalue weighted by molar-refractivity contribution is 7.99. The van der Waals surface area contributed by atoms with Crippen LogP contribution in [0.2, 0.25) is 0 Å². The van der Waals surface area contributed by atoms with Gasteiger partial charge in [0.2, 0.25) is 0 Å². The van der Waals surface area contributed by atoms with Gasteiger partial charge in [-0.3, -0.25) is 4.79 Å². The van der Waals surface area contributed by atoms with E-state index in [9.17, 15) is 9.59 Å². The molecule has 1 fully saturated rings. The average Bonchev–Trinajstić information content (AvgIpc) is 2.27. The lowest BCUT2D eigenvalue weighted by Gasteiger charge is -2.38. The number of hydrogen-bond donors (Lipinski definition) is 1. The summed E-state index contributed by atoms with van der Waals surface area (Å²) in [5, 5.41) is 8.85. The van der Waals surface area contributed by atoms with Gasteiger partial charge in [-0.2, -0.15) is 11.8 Å². The van der Waals surface area contributed by atoms with E-state index in [2.05, 4.69) is 0 Å². The van der Waals surface area contributed by atoms with Crippen molar-refractivity contribution < 1.29 is 14.7 Å². The Morgan fingerprint density at radius 1 is 1.53 bits per heavy atom. The second kappa shape index (κ2) is 6.14. The molecule has 0 aromatic carbocycles. The van der Waals surface area contributed by atoms with E-state index < -0.39 is 5.97 Å². The molecule has 1 heterocycles. The van der Waals surface area contributed by atoms with Gasteiger partial charge in [0.15, 0.2) is 0 Å². The lowest BCUT2D eigenvalue weighted by atomic mass is 10.2. The number of carbonyl (C=O) groups excluding carboxylic acids is 1. The Labute approximate surface area is 106 Å². The largest absolute Gasteiger partial charge is 0.481 e. The molecule has 6 heteroatoms. The number of aliphatic carboxylic acids is 1. The molecule has 98 valence electrons. The number of hydrogen-bond acceptors (Lipinski definition) is 3. The van der Waals surface area contributed by atoms with E-state index in [4.69, 9.17) is 5.11 Å². The van der Waals surface area contributed by atoms with Gasteiger partial charge >= 0.3 is 12.0 Å². The second-order valence-corrected chi connectivity index (χ2v) is 5.66. The second-order valence-electron chi connectivity index (χ2n) is 4.51. The number of carboxylic acid groups (broad SMARTS) is 1. The van der Waals surface area contributed by atoms with Crippen LogP contribution in [-0.4, -0.2) is 64.1 Å². The van der Waals surface area contributed by atoms with E-state index in [1.165, 1.54) is 0 Å². The van der Waals surface area contributed by atoms with Crippen LogP contribution in [0.4, 0.5) is 4.79 Å². The van der Waals surface area contributed by atoms with Gasteiger partial charge in [-0.1, -0.05) is 0 Å². The van der Waals surface area contributed by atoms with Crippen molar-refractivity contribution in [1.29, 1.82) is 0 Å². The molecule has 1 N–H and O–H groups in total. The summed E-state index contributed by atoms with van der Waals surface area (Å²) in [6, 6.07) is -0.117. The maximum absolute atomic E-state index is 12.2. The van der Waals surface area contributed by atoms with Gasteiger partial charge < -0.3 is 14.9 Å². The molecular formula is C11H20N2O3S. The molecule has 2 amide bonds. The van der Waals surface area contributed by atoms with Crippen LogP contribution in [0.15, 0.2) is 0 Å².